The van der Waals surface area contributed by atoms with E-state index in [1.807, 2.05) is 4.90 Å². The van der Waals surface area contributed by atoms with E-state index in [-0.39, 0.29) is 29.2 Å². The first-order valence-electron chi connectivity index (χ1n) is 8.57. The van der Waals surface area contributed by atoms with E-state index in [2.05, 4.69) is 10.3 Å². The Bertz CT molecular complexity index is 971. The van der Waals surface area contributed by atoms with Gasteiger partial charge in [-0.15, -0.1) is 0 Å². The van der Waals surface area contributed by atoms with Crippen molar-refractivity contribution < 1.29 is 18.0 Å². The summed E-state index contributed by atoms with van der Waals surface area (Å²) >= 11 is 0. The van der Waals surface area contributed by atoms with E-state index >= 15 is 0 Å². The number of aromatic nitrogens is 1. The molecule has 0 saturated carbocycles. The van der Waals surface area contributed by atoms with E-state index < -0.39 is 9.84 Å². The molecule has 1 aromatic heterocycles. The predicted molar refractivity (Wildman–Crippen MR) is 104 cm³/mol. The minimum absolute atomic E-state index is 0.0749. The zero-order chi connectivity index (χ0) is 19.6. The molecule has 7 nitrogen and oxygen atoms in total. The number of carbonyl (C=O) groups is 2. The summed E-state index contributed by atoms with van der Waals surface area (Å²) < 4.78 is 23.3. The number of benzene rings is 1. The largest absolute Gasteiger partial charge is 0.356 e. The second-order valence-corrected chi connectivity index (χ2v) is 8.89. The van der Waals surface area contributed by atoms with E-state index in [0.29, 0.717) is 29.1 Å². The van der Waals surface area contributed by atoms with Crippen molar-refractivity contribution in [2.24, 2.45) is 0 Å². The van der Waals surface area contributed by atoms with Crippen LogP contribution in [0.1, 0.15) is 34.1 Å². The fourth-order valence-electron chi connectivity index (χ4n) is 3.02. The highest BCUT2D eigenvalue weighted by molar-refractivity contribution is 7.91. The standard InChI is InChI=1S/C19H21N3O4S/c1-13(23)14-4-3-5-16(10-14)21-19(24)15-6-7-18(20-11-15)22(2)17-8-9-27(25,26)12-17/h3-7,10-11,17H,8-9,12H2,1-2H3,(H,21,24). The van der Waals surface area contributed by atoms with Crippen LogP contribution in [0, 0.1) is 0 Å². The van der Waals surface area contributed by atoms with E-state index in [4.69, 9.17) is 0 Å². The Kier molecular flexibility index (Phi) is 5.27. The Morgan fingerprint density at radius 3 is 2.56 bits per heavy atom. The van der Waals surface area contributed by atoms with Crippen molar-refractivity contribution in [2.75, 3.05) is 28.8 Å². The van der Waals surface area contributed by atoms with Crippen molar-refractivity contribution in [3.63, 3.8) is 0 Å². The smallest absolute Gasteiger partial charge is 0.257 e. The van der Waals surface area contributed by atoms with Gasteiger partial charge in [0, 0.05) is 30.5 Å². The number of ketones is 1. The average molecular weight is 387 g/mol. The van der Waals surface area contributed by atoms with Crippen LogP contribution in [0.25, 0.3) is 0 Å². The Balaban J connectivity index is 1.69. The van der Waals surface area contributed by atoms with Crippen LogP contribution in [0.2, 0.25) is 0 Å². The highest BCUT2D eigenvalue weighted by atomic mass is 32.2. The van der Waals surface area contributed by atoms with Crippen molar-refractivity contribution in [2.45, 2.75) is 19.4 Å². The molecule has 1 aliphatic heterocycles. The van der Waals surface area contributed by atoms with Crippen LogP contribution in [0.15, 0.2) is 42.6 Å². The maximum absolute atomic E-state index is 12.4. The molecular weight excluding hydrogens is 366 g/mol. The van der Waals surface area contributed by atoms with Crippen LogP contribution in [0.5, 0.6) is 0 Å². The lowest BCUT2D eigenvalue weighted by Gasteiger charge is -2.24. The number of pyridine rings is 1. The van der Waals surface area contributed by atoms with Crippen molar-refractivity contribution in [1.29, 1.82) is 0 Å². The summed E-state index contributed by atoms with van der Waals surface area (Å²) in [5.41, 5.74) is 1.43. The maximum Gasteiger partial charge on any atom is 0.257 e. The number of nitrogens with zero attached hydrogens (tertiary/aromatic N) is 2. The molecule has 0 spiro atoms. The molecule has 142 valence electrons. The van der Waals surface area contributed by atoms with Gasteiger partial charge >= 0.3 is 0 Å². The summed E-state index contributed by atoms with van der Waals surface area (Å²) in [6.45, 7) is 1.47. The van der Waals surface area contributed by atoms with Crippen molar-refractivity contribution in [3.05, 3.63) is 53.7 Å². The normalized spacial score (nSPS) is 18.1. The van der Waals surface area contributed by atoms with Crippen LogP contribution in [-0.2, 0) is 9.84 Å². The van der Waals surface area contributed by atoms with Crippen LogP contribution in [0.3, 0.4) is 0 Å². The van der Waals surface area contributed by atoms with Crippen LogP contribution in [-0.4, -0.2) is 49.7 Å². The lowest BCUT2D eigenvalue weighted by Crippen LogP contribution is -2.33. The number of hydrogen-bond donors (Lipinski definition) is 1. The van der Waals surface area contributed by atoms with Gasteiger partial charge in [-0.3, -0.25) is 9.59 Å². The molecular formula is C19H21N3O4S. The van der Waals surface area contributed by atoms with Gasteiger partial charge in [-0.2, -0.15) is 0 Å². The Labute approximate surface area is 158 Å². The summed E-state index contributed by atoms with van der Waals surface area (Å²) in [7, 11) is -1.17. The Morgan fingerprint density at radius 2 is 1.96 bits per heavy atom. The van der Waals surface area contributed by atoms with Gasteiger partial charge in [-0.1, -0.05) is 12.1 Å². The molecule has 1 atom stereocenters. The molecule has 1 N–H and O–H groups in total. The number of amides is 1. The van der Waals surface area contributed by atoms with Gasteiger partial charge in [-0.05, 0) is 37.6 Å². The average Bonchev–Trinajstić information content (AvgIpc) is 3.01. The summed E-state index contributed by atoms with van der Waals surface area (Å²) in [6, 6.07) is 9.97. The molecule has 1 unspecified atom stereocenters. The van der Waals surface area contributed by atoms with Gasteiger partial charge in [0.15, 0.2) is 15.6 Å². The fraction of sp³-hybridized carbons (Fsp3) is 0.316. The number of Topliss-reactive ketones (excluding diaryl/α,β-unsaturated/α-hetero) is 1. The maximum atomic E-state index is 12.4. The SMILES string of the molecule is CC(=O)c1cccc(NC(=O)c2ccc(N(C)C3CCS(=O)(=O)C3)nc2)c1. The molecule has 2 heterocycles. The Morgan fingerprint density at radius 1 is 1.19 bits per heavy atom. The predicted octanol–water partition coefficient (Wildman–Crippen LogP) is 2.16. The van der Waals surface area contributed by atoms with Crippen molar-refractivity contribution in [3.8, 4) is 0 Å². The van der Waals surface area contributed by atoms with Crippen LogP contribution < -0.4 is 10.2 Å². The highest BCUT2D eigenvalue weighted by Crippen LogP contribution is 2.21. The minimum atomic E-state index is -2.97. The van der Waals surface area contributed by atoms with Gasteiger partial charge in [-0.25, -0.2) is 13.4 Å². The number of nitrogens with one attached hydrogen (secondary N) is 1. The van der Waals surface area contributed by atoms with Gasteiger partial charge < -0.3 is 10.2 Å². The lowest BCUT2D eigenvalue weighted by atomic mass is 10.1. The van der Waals surface area contributed by atoms with E-state index in [1.54, 1.807) is 43.4 Å². The van der Waals surface area contributed by atoms with E-state index in [0.717, 1.165) is 0 Å². The lowest BCUT2D eigenvalue weighted by molar-refractivity contribution is 0.101. The van der Waals surface area contributed by atoms with E-state index in [9.17, 15) is 18.0 Å². The first-order valence-corrected chi connectivity index (χ1v) is 10.4. The number of rotatable bonds is 5. The molecule has 1 aliphatic rings. The monoisotopic (exact) mass is 387 g/mol. The third kappa shape index (κ3) is 4.51. The van der Waals surface area contributed by atoms with E-state index in [1.165, 1.54) is 13.1 Å². The number of carbonyl (C=O) groups excluding carboxylic acids is 2. The quantitative estimate of drug-likeness (QED) is 0.790. The third-order valence-corrected chi connectivity index (χ3v) is 6.40. The van der Waals surface area contributed by atoms with Gasteiger partial charge in [0.25, 0.3) is 5.91 Å². The summed E-state index contributed by atoms with van der Waals surface area (Å²) in [5, 5.41) is 2.74. The topological polar surface area (TPSA) is 96.4 Å². The first kappa shape index (κ1) is 19.0. The number of hydrogen-bond acceptors (Lipinski definition) is 6. The molecule has 1 saturated heterocycles. The minimum Gasteiger partial charge on any atom is -0.356 e. The molecule has 0 bridgehead atoms. The van der Waals surface area contributed by atoms with Gasteiger partial charge in [0.1, 0.15) is 5.82 Å². The first-order chi connectivity index (χ1) is 12.7. The fourth-order valence-corrected chi connectivity index (χ4v) is 4.79. The highest BCUT2D eigenvalue weighted by Gasteiger charge is 2.31. The molecule has 1 amide bonds. The molecule has 0 radical (unpaired) electrons. The zero-order valence-electron chi connectivity index (χ0n) is 15.2. The Hall–Kier alpha value is -2.74. The molecule has 8 heteroatoms. The molecule has 27 heavy (non-hydrogen) atoms. The molecule has 1 aromatic carbocycles. The van der Waals surface area contributed by atoms with Crippen LogP contribution >= 0.6 is 0 Å². The van der Waals surface area contributed by atoms with Gasteiger partial charge in [0.05, 0.1) is 17.1 Å². The van der Waals surface area contributed by atoms with Gasteiger partial charge in [0.2, 0.25) is 0 Å². The molecule has 2 aromatic rings. The number of sulfone groups is 1. The summed E-state index contributed by atoms with van der Waals surface area (Å²) in [4.78, 5) is 30.0. The van der Waals surface area contributed by atoms with Crippen molar-refractivity contribution >= 4 is 33.0 Å². The van der Waals surface area contributed by atoms with Crippen LogP contribution in [0.4, 0.5) is 11.5 Å². The zero-order valence-corrected chi connectivity index (χ0v) is 16.0. The second kappa shape index (κ2) is 7.48. The third-order valence-electron chi connectivity index (χ3n) is 4.65. The van der Waals surface area contributed by atoms with Crippen molar-refractivity contribution in [1.82, 2.24) is 4.98 Å². The summed E-state index contributed by atoms with van der Waals surface area (Å²) in [6.07, 6.45) is 2.04. The molecule has 1 fully saturated rings. The second-order valence-electron chi connectivity index (χ2n) is 6.66. The summed E-state index contributed by atoms with van der Waals surface area (Å²) in [5.74, 6) is 0.531. The molecule has 0 aliphatic carbocycles. The molecule has 3 rings (SSSR count). The number of anilines is 2.